The van der Waals surface area contributed by atoms with Crippen molar-refractivity contribution in [1.29, 1.82) is 0 Å². The lowest BCUT2D eigenvalue weighted by Crippen LogP contribution is -2.46. The SMILES string of the molecule is C[C@H]1CCCC[C@@H]1NC(=O)CN(C)S(=O)(=O)c1cccnc1. The highest BCUT2D eigenvalue weighted by molar-refractivity contribution is 7.89. The number of amides is 1. The number of aromatic nitrogens is 1. The molecule has 1 amide bonds. The van der Waals surface area contributed by atoms with E-state index in [1.807, 2.05) is 0 Å². The highest BCUT2D eigenvalue weighted by atomic mass is 32.2. The predicted octanol–water partition coefficient (Wildman–Crippen LogP) is 1.40. The molecule has 7 heteroatoms. The summed E-state index contributed by atoms with van der Waals surface area (Å²) in [5.74, 6) is 0.187. The van der Waals surface area contributed by atoms with Crippen LogP contribution in [0.4, 0.5) is 0 Å². The summed E-state index contributed by atoms with van der Waals surface area (Å²) >= 11 is 0. The lowest BCUT2D eigenvalue weighted by atomic mass is 9.86. The van der Waals surface area contributed by atoms with E-state index in [4.69, 9.17) is 0 Å². The van der Waals surface area contributed by atoms with Gasteiger partial charge in [0, 0.05) is 25.5 Å². The van der Waals surface area contributed by atoms with Gasteiger partial charge >= 0.3 is 0 Å². The van der Waals surface area contributed by atoms with Crippen molar-refractivity contribution in [2.75, 3.05) is 13.6 Å². The van der Waals surface area contributed by atoms with Gasteiger partial charge < -0.3 is 5.32 Å². The minimum absolute atomic E-state index is 0.0938. The summed E-state index contributed by atoms with van der Waals surface area (Å²) < 4.78 is 25.7. The van der Waals surface area contributed by atoms with Crippen LogP contribution in [0.2, 0.25) is 0 Å². The average molecular weight is 325 g/mol. The summed E-state index contributed by atoms with van der Waals surface area (Å²) in [6.45, 7) is 1.95. The van der Waals surface area contributed by atoms with Gasteiger partial charge in [-0.05, 0) is 30.9 Å². The first-order valence-corrected chi connectivity index (χ1v) is 9.01. The van der Waals surface area contributed by atoms with Crippen molar-refractivity contribution in [2.24, 2.45) is 5.92 Å². The standard InChI is InChI=1S/C15H23N3O3S/c1-12-6-3-4-8-14(12)17-15(19)11-18(2)22(20,21)13-7-5-9-16-10-13/h5,7,9-10,12,14H,3-4,6,8,11H2,1-2H3,(H,17,19)/t12-,14-/m0/s1. The summed E-state index contributed by atoms with van der Waals surface area (Å²) in [7, 11) is -2.27. The number of nitrogens with one attached hydrogen (secondary N) is 1. The van der Waals surface area contributed by atoms with Crippen molar-refractivity contribution < 1.29 is 13.2 Å². The third kappa shape index (κ3) is 4.04. The van der Waals surface area contributed by atoms with Crippen LogP contribution in [0.1, 0.15) is 32.6 Å². The molecule has 0 bridgehead atoms. The molecule has 122 valence electrons. The molecular formula is C15H23N3O3S. The summed E-state index contributed by atoms with van der Waals surface area (Å²) in [6, 6.07) is 3.18. The van der Waals surface area contributed by atoms with Gasteiger partial charge in [-0.3, -0.25) is 9.78 Å². The minimum Gasteiger partial charge on any atom is -0.352 e. The second-order valence-electron chi connectivity index (χ2n) is 5.89. The maximum atomic E-state index is 12.3. The molecule has 0 aromatic carbocycles. The Morgan fingerprint density at radius 2 is 2.14 bits per heavy atom. The molecule has 0 spiro atoms. The van der Waals surface area contributed by atoms with Gasteiger partial charge in [-0.1, -0.05) is 19.8 Å². The molecule has 6 nitrogen and oxygen atoms in total. The molecule has 1 heterocycles. The summed E-state index contributed by atoms with van der Waals surface area (Å²) in [6.07, 6.45) is 7.17. The fourth-order valence-electron chi connectivity index (χ4n) is 2.75. The molecule has 0 aliphatic heterocycles. The largest absolute Gasteiger partial charge is 0.352 e. The van der Waals surface area contributed by atoms with Gasteiger partial charge in [0.1, 0.15) is 4.90 Å². The lowest BCUT2D eigenvalue weighted by Gasteiger charge is -2.30. The van der Waals surface area contributed by atoms with Crippen LogP contribution in [-0.2, 0) is 14.8 Å². The number of pyridine rings is 1. The van der Waals surface area contributed by atoms with Gasteiger partial charge in [-0.2, -0.15) is 4.31 Å². The lowest BCUT2D eigenvalue weighted by molar-refractivity contribution is -0.122. The molecule has 2 rings (SSSR count). The maximum absolute atomic E-state index is 12.3. The Bertz CT molecular complexity index is 604. The monoisotopic (exact) mass is 325 g/mol. The number of carbonyl (C=O) groups excluding carboxylic acids is 1. The van der Waals surface area contributed by atoms with E-state index in [0.29, 0.717) is 5.92 Å². The van der Waals surface area contributed by atoms with Crippen LogP contribution in [0.25, 0.3) is 0 Å². The first-order chi connectivity index (χ1) is 10.4. The Morgan fingerprint density at radius 1 is 1.41 bits per heavy atom. The molecule has 1 aliphatic carbocycles. The van der Waals surface area contributed by atoms with Crippen LogP contribution in [0.3, 0.4) is 0 Å². The molecule has 2 atom stereocenters. The fraction of sp³-hybridized carbons (Fsp3) is 0.600. The molecule has 1 aliphatic rings. The van der Waals surface area contributed by atoms with E-state index in [0.717, 1.165) is 23.6 Å². The van der Waals surface area contributed by atoms with Crippen molar-refractivity contribution in [3.8, 4) is 0 Å². The second-order valence-corrected chi connectivity index (χ2v) is 7.93. The van der Waals surface area contributed by atoms with Gasteiger partial charge in [0.15, 0.2) is 0 Å². The number of carbonyl (C=O) groups is 1. The first-order valence-electron chi connectivity index (χ1n) is 7.57. The van der Waals surface area contributed by atoms with Gasteiger partial charge in [-0.25, -0.2) is 8.42 Å². The van der Waals surface area contributed by atoms with Crippen LogP contribution in [-0.4, -0.2) is 43.2 Å². The van der Waals surface area contributed by atoms with Crippen molar-refractivity contribution in [1.82, 2.24) is 14.6 Å². The molecule has 0 unspecified atom stereocenters. The zero-order valence-corrected chi connectivity index (χ0v) is 13.8. The quantitative estimate of drug-likeness (QED) is 0.887. The molecule has 0 radical (unpaired) electrons. The van der Waals surface area contributed by atoms with Crippen molar-refractivity contribution in [3.63, 3.8) is 0 Å². The second kappa shape index (κ2) is 7.19. The first kappa shape index (κ1) is 16.9. The number of likely N-dealkylation sites (N-methyl/N-ethyl adjacent to an activating group) is 1. The Hall–Kier alpha value is -1.47. The average Bonchev–Trinajstić information content (AvgIpc) is 2.50. The summed E-state index contributed by atoms with van der Waals surface area (Å²) in [4.78, 5) is 16.0. The molecular weight excluding hydrogens is 302 g/mol. The van der Waals surface area contributed by atoms with Crippen LogP contribution in [0, 0.1) is 5.92 Å². The number of hydrogen-bond donors (Lipinski definition) is 1. The zero-order valence-electron chi connectivity index (χ0n) is 13.0. The van der Waals surface area contributed by atoms with Crippen LogP contribution in [0.15, 0.2) is 29.4 Å². The Kier molecular flexibility index (Phi) is 5.52. The molecule has 1 aromatic heterocycles. The van der Waals surface area contributed by atoms with Crippen LogP contribution < -0.4 is 5.32 Å². The number of rotatable bonds is 5. The van der Waals surface area contributed by atoms with E-state index < -0.39 is 10.0 Å². The third-order valence-electron chi connectivity index (χ3n) is 4.17. The molecule has 1 aromatic rings. The minimum atomic E-state index is -3.68. The highest BCUT2D eigenvalue weighted by Crippen LogP contribution is 2.23. The van der Waals surface area contributed by atoms with Gasteiger partial charge in [0.2, 0.25) is 15.9 Å². The Balaban J connectivity index is 1.96. The van der Waals surface area contributed by atoms with E-state index in [1.165, 1.54) is 31.9 Å². The zero-order chi connectivity index (χ0) is 16.2. The molecule has 1 fully saturated rings. The smallest absolute Gasteiger partial charge is 0.244 e. The number of hydrogen-bond acceptors (Lipinski definition) is 4. The normalized spacial score (nSPS) is 22.5. The highest BCUT2D eigenvalue weighted by Gasteiger charge is 2.26. The van der Waals surface area contributed by atoms with Gasteiger partial charge in [0.05, 0.1) is 6.54 Å². The predicted molar refractivity (Wildman–Crippen MR) is 83.6 cm³/mol. The van der Waals surface area contributed by atoms with Crippen molar-refractivity contribution in [3.05, 3.63) is 24.5 Å². The number of sulfonamides is 1. The van der Waals surface area contributed by atoms with E-state index in [1.54, 1.807) is 6.07 Å². The van der Waals surface area contributed by atoms with E-state index in [2.05, 4.69) is 17.2 Å². The molecule has 22 heavy (non-hydrogen) atoms. The summed E-state index contributed by atoms with van der Waals surface area (Å²) in [5, 5.41) is 2.96. The topological polar surface area (TPSA) is 79.4 Å². The van der Waals surface area contributed by atoms with Gasteiger partial charge in [0.25, 0.3) is 0 Å². The molecule has 1 N–H and O–H groups in total. The van der Waals surface area contributed by atoms with E-state index in [-0.39, 0.29) is 23.4 Å². The van der Waals surface area contributed by atoms with Crippen LogP contribution in [0.5, 0.6) is 0 Å². The fourth-order valence-corrected chi connectivity index (χ4v) is 3.84. The van der Waals surface area contributed by atoms with E-state index in [9.17, 15) is 13.2 Å². The van der Waals surface area contributed by atoms with E-state index >= 15 is 0 Å². The molecule has 1 saturated carbocycles. The Labute approximate surface area is 132 Å². The number of nitrogens with zero attached hydrogens (tertiary/aromatic N) is 2. The molecule has 0 saturated heterocycles. The van der Waals surface area contributed by atoms with Crippen LogP contribution >= 0.6 is 0 Å². The third-order valence-corrected chi connectivity index (χ3v) is 5.95. The maximum Gasteiger partial charge on any atom is 0.244 e. The summed E-state index contributed by atoms with van der Waals surface area (Å²) in [5.41, 5.74) is 0. The van der Waals surface area contributed by atoms with Gasteiger partial charge in [-0.15, -0.1) is 0 Å². The van der Waals surface area contributed by atoms with Crippen molar-refractivity contribution in [2.45, 2.75) is 43.5 Å². The Morgan fingerprint density at radius 3 is 2.77 bits per heavy atom. The van der Waals surface area contributed by atoms with Crippen molar-refractivity contribution >= 4 is 15.9 Å².